The van der Waals surface area contributed by atoms with Gasteiger partial charge in [-0.05, 0) is 37.3 Å². The zero-order valence-corrected chi connectivity index (χ0v) is 9.33. The molecule has 1 aromatic rings. The van der Waals surface area contributed by atoms with Crippen LogP contribution in [0.25, 0.3) is 0 Å². The Hall–Kier alpha value is -1.02. The van der Waals surface area contributed by atoms with Crippen molar-refractivity contribution in [1.82, 2.24) is 0 Å². The molecule has 0 saturated heterocycles. The Morgan fingerprint density at radius 2 is 2.13 bits per heavy atom. The number of aryl methyl sites for hydroxylation is 1. The van der Waals surface area contributed by atoms with Crippen LogP contribution < -0.4 is 5.32 Å². The molecule has 0 bridgehead atoms. The Morgan fingerprint density at radius 1 is 1.33 bits per heavy atom. The normalized spacial score (nSPS) is 15.3. The predicted molar refractivity (Wildman–Crippen MR) is 63.2 cm³/mol. The first kappa shape index (κ1) is 10.5. The number of benzene rings is 1. The van der Waals surface area contributed by atoms with Crippen LogP contribution in [0.3, 0.4) is 0 Å². The van der Waals surface area contributed by atoms with Gasteiger partial charge in [-0.2, -0.15) is 0 Å². The highest BCUT2D eigenvalue weighted by atomic mass is 16.5. The van der Waals surface area contributed by atoms with Crippen LogP contribution in [-0.4, -0.2) is 19.8 Å². The summed E-state index contributed by atoms with van der Waals surface area (Å²) in [4.78, 5) is 0. The van der Waals surface area contributed by atoms with E-state index in [4.69, 9.17) is 4.74 Å². The van der Waals surface area contributed by atoms with Gasteiger partial charge in [0.2, 0.25) is 0 Å². The Balaban J connectivity index is 1.62. The van der Waals surface area contributed by atoms with Gasteiger partial charge in [0.25, 0.3) is 0 Å². The van der Waals surface area contributed by atoms with Gasteiger partial charge >= 0.3 is 0 Å². The minimum Gasteiger partial charge on any atom is -0.383 e. The number of hydrogen-bond acceptors (Lipinski definition) is 2. The molecule has 1 fully saturated rings. The lowest BCUT2D eigenvalue weighted by atomic mass is 10.2. The molecule has 0 aliphatic heterocycles. The Morgan fingerprint density at radius 3 is 2.87 bits per heavy atom. The lowest BCUT2D eigenvalue weighted by molar-refractivity contribution is 0.134. The molecule has 2 nitrogen and oxygen atoms in total. The average molecular weight is 205 g/mol. The van der Waals surface area contributed by atoms with E-state index >= 15 is 0 Å². The summed E-state index contributed by atoms with van der Waals surface area (Å²) in [5, 5.41) is 3.38. The maximum Gasteiger partial charge on any atom is 0.0639 e. The van der Waals surface area contributed by atoms with Crippen LogP contribution >= 0.6 is 0 Å². The maximum absolute atomic E-state index is 5.56. The SMILES string of the molecule is Cc1ccccc1NCCOCC1CC1. The second-order valence-electron chi connectivity index (χ2n) is 4.26. The van der Waals surface area contributed by atoms with Crippen LogP contribution in [0.1, 0.15) is 18.4 Å². The van der Waals surface area contributed by atoms with E-state index in [1.807, 2.05) is 0 Å². The fourth-order valence-corrected chi connectivity index (χ4v) is 1.56. The lowest BCUT2D eigenvalue weighted by Gasteiger charge is -2.09. The van der Waals surface area contributed by atoms with Crippen LogP contribution in [0, 0.1) is 12.8 Å². The monoisotopic (exact) mass is 205 g/mol. The van der Waals surface area contributed by atoms with E-state index in [0.717, 1.165) is 25.7 Å². The van der Waals surface area contributed by atoms with E-state index in [2.05, 4.69) is 36.5 Å². The molecule has 0 heterocycles. The Labute approximate surface area is 91.6 Å². The van der Waals surface area contributed by atoms with Gasteiger partial charge < -0.3 is 10.1 Å². The zero-order chi connectivity index (χ0) is 10.5. The molecule has 1 N–H and O–H groups in total. The third-order valence-corrected chi connectivity index (χ3v) is 2.76. The molecule has 0 radical (unpaired) electrons. The number of hydrogen-bond donors (Lipinski definition) is 1. The number of anilines is 1. The summed E-state index contributed by atoms with van der Waals surface area (Å²) in [6.45, 7) is 4.78. The van der Waals surface area contributed by atoms with Crippen LogP contribution in [0.2, 0.25) is 0 Å². The fourth-order valence-electron chi connectivity index (χ4n) is 1.56. The van der Waals surface area contributed by atoms with E-state index < -0.39 is 0 Å². The standard InChI is InChI=1S/C13H19NO/c1-11-4-2-3-5-13(11)14-8-9-15-10-12-6-7-12/h2-5,12,14H,6-10H2,1H3. The molecule has 1 aliphatic carbocycles. The molecule has 0 aromatic heterocycles. The minimum absolute atomic E-state index is 0.810. The van der Waals surface area contributed by atoms with E-state index in [1.165, 1.54) is 24.1 Å². The predicted octanol–water partition coefficient (Wildman–Crippen LogP) is 2.83. The molecular weight excluding hydrogens is 186 g/mol. The quantitative estimate of drug-likeness (QED) is 0.721. The number of para-hydroxylation sites is 1. The van der Waals surface area contributed by atoms with Crippen LogP contribution in [0.5, 0.6) is 0 Å². The zero-order valence-electron chi connectivity index (χ0n) is 9.33. The smallest absolute Gasteiger partial charge is 0.0639 e. The fraction of sp³-hybridized carbons (Fsp3) is 0.538. The summed E-state index contributed by atoms with van der Waals surface area (Å²) in [7, 11) is 0. The van der Waals surface area contributed by atoms with Gasteiger partial charge in [0.1, 0.15) is 0 Å². The third kappa shape index (κ3) is 3.56. The molecule has 1 saturated carbocycles. The number of nitrogens with one attached hydrogen (secondary N) is 1. The second-order valence-corrected chi connectivity index (χ2v) is 4.26. The molecule has 1 aliphatic rings. The van der Waals surface area contributed by atoms with Crippen molar-refractivity contribution in [2.45, 2.75) is 19.8 Å². The number of ether oxygens (including phenoxy) is 1. The molecule has 0 amide bonds. The third-order valence-electron chi connectivity index (χ3n) is 2.76. The van der Waals surface area contributed by atoms with Gasteiger partial charge in [0, 0.05) is 18.8 Å². The molecule has 0 spiro atoms. The highest BCUT2D eigenvalue weighted by Gasteiger charge is 2.20. The summed E-state index contributed by atoms with van der Waals surface area (Å²) in [6, 6.07) is 8.34. The van der Waals surface area contributed by atoms with Gasteiger partial charge in [0.05, 0.1) is 6.61 Å². The summed E-state index contributed by atoms with van der Waals surface area (Å²) in [6.07, 6.45) is 2.73. The summed E-state index contributed by atoms with van der Waals surface area (Å²) in [5.41, 5.74) is 2.51. The highest BCUT2D eigenvalue weighted by molar-refractivity contribution is 5.50. The molecule has 15 heavy (non-hydrogen) atoms. The first-order valence-corrected chi connectivity index (χ1v) is 5.73. The van der Waals surface area contributed by atoms with E-state index in [0.29, 0.717) is 0 Å². The van der Waals surface area contributed by atoms with Crippen molar-refractivity contribution in [2.24, 2.45) is 5.92 Å². The molecule has 0 atom stereocenters. The van der Waals surface area contributed by atoms with Gasteiger partial charge in [-0.15, -0.1) is 0 Å². The topological polar surface area (TPSA) is 21.3 Å². The van der Waals surface area contributed by atoms with Crippen molar-refractivity contribution in [1.29, 1.82) is 0 Å². The van der Waals surface area contributed by atoms with Crippen LogP contribution in [0.4, 0.5) is 5.69 Å². The van der Waals surface area contributed by atoms with Crippen molar-refractivity contribution in [2.75, 3.05) is 25.1 Å². The van der Waals surface area contributed by atoms with Gasteiger partial charge in [0.15, 0.2) is 0 Å². The van der Waals surface area contributed by atoms with Crippen molar-refractivity contribution >= 4 is 5.69 Å². The minimum atomic E-state index is 0.810. The molecule has 1 aromatic carbocycles. The van der Waals surface area contributed by atoms with E-state index in [1.54, 1.807) is 0 Å². The van der Waals surface area contributed by atoms with Crippen LogP contribution in [-0.2, 0) is 4.74 Å². The lowest BCUT2D eigenvalue weighted by Crippen LogP contribution is -2.11. The van der Waals surface area contributed by atoms with Crippen LogP contribution in [0.15, 0.2) is 24.3 Å². The molecule has 0 unspecified atom stereocenters. The Bertz CT molecular complexity index is 307. The molecule has 2 rings (SSSR count). The number of rotatable bonds is 6. The summed E-state index contributed by atoms with van der Waals surface area (Å²) >= 11 is 0. The molecular formula is C13H19NO. The van der Waals surface area contributed by atoms with Crippen molar-refractivity contribution < 1.29 is 4.74 Å². The van der Waals surface area contributed by atoms with Gasteiger partial charge in [-0.25, -0.2) is 0 Å². The van der Waals surface area contributed by atoms with Gasteiger partial charge in [-0.3, -0.25) is 0 Å². The first-order valence-electron chi connectivity index (χ1n) is 5.73. The molecule has 2 heteroatoms. The summed E-state index contributed by atoms with van der Waals surface area (Å²) in [5.74, 6) is 0.864. The van der Waals surface area contributed by atoms with Crippen molar-refractivity contribution in [3.05, 3.63) is 29.8 Å². The highest BCUT2D eigenvalue weighted by Crippen LogP contribution is 2.28. The molecule has 82 valence electrons. The summed E-state index contributed by atoms with van der Waals surface area (Å²) < 4.78 is 5.56. The van der Waals surface area contributed by atoms with Gasteiger partial charge in [-0.1, -0.05) is 18.2 Å². The second kappa shape index (κ2) is 5.17. The first-order chi connectivity index (χ1) is 7.36. The van der Waals surface area contributed by atoms with E-state index in [-0.39, 0.29) is 0 Å². The largest absolute Gasteiger partial charge is 0.383 e. The maximum atomic E-state index is 5.56. The van der Waals surface area contributed by atoms with Crippen molar-refractivity contribution in [3.63, 3.8) is 0 Å². The average Bonchev–Trinajstić information content (AvgIpc) is 3.04. The van der Waals surface area contributed by atoms with E-state index in [9.17, 15) is 0 Å². The van der Waals surface area contributed by atoms with Crippen molar-refractivity contribution in [3.8, 4) is 0 Å². The Kier molecular flexibility index (Phi) is 3.62.